The summed E-state index contributed by atoms with van der Waals surface area (Å²) in [6.45, 7) is 4.54. The summed E-state index contributed by atoms with van der Waals surface area (Å²) in [5, 5.41) is 12.6. The first kappa shape index (κ1) is 10.7. The summed E-state index contributed by atoms with van der Waals surface area (Å²) in [6, 6.07) is -0.255. The van der Waals surface area contributed by atoms with Gasteiger partial charge in [-0.2, -0.15) is 0 Å². The Bertz CT molecular complexity index is 297. The van der Waals surface area contributed by atoms with Crippen LogP contribution in [0.1, 0.15) is 6.42 Å². The molecule has 0 aromatic carbocycles. The highest BCUT2D eigenvalue weighted by Crippen LogP contribution is 2.15. The summed E-state index contributed by atoms with van der Waals surface area (Å²) in [5.41, 5.74) is 0.885. The van der Waals surface area contributed by atoms with Gasteiger partial charge in [-0.1, -0.05) is 12.2 Å². The van der Waals surface area contributed by atoms with Gasteiger partial charge in [0.1, 0.15) is 9.84 Å². The van der Waals surface area contributed by atoms with Crippen molar-refractivity contribution in [3.63, 3.8) is 0 Å². The van der Waals surface area contributed by atoms with Crippen molar-refractivity contribution < 1.29 is 13.5 Å². The molecule has 2 N–H and O–H groups in total. The smallest absolute Gasteiger partial charge is 0.150 e. The van der Waals surface area contributed by atoms with Gasteiger partial charge in [-0.15, -0.1) is 0 Å². The SMILES string of the molecule is C=C1CCN[C@H]1[C@@H](O)CS(C)(=O)=O. The summed E-state index contributed by atoms with van der Waals surface area (Å²) in [4.78, 5) is 0. The van der Waals surface area contributed by atoms with Crippen LogP contribution in [0, 0.1) is 0 Å². The normalized spacial score (nSPS) is 26.3. The van der Waals surface area contributed by atoms with Crippen molar-refractivity contribution in [1.29, 1.82) is 0 Å². The Morgan fingerprint density at radius 1 is 1.77 bits per heavy atom. The molecule has 0 aromatic heterocycles. The van der Waals surface area contributed by atoms with Crippen LogP contribution in [-0.4, -0.2) is 44.2 Å². The highest BCUT2D eigenvalue weighted by Gasteiger charge is 2.28. The Morgan fingerprint density at radius 2 is 2.38 bits per heavy atom. The van der Waals surface area contributed by atoms with E-state index in [1.54, 1.807) is 0 Å². The zero-order chi connectivity index (χ0) is 10.1. The maximum atomic E-state index is 10.9. The van der Waals surface area contributed by atoms with Crippen molar-refractivity contribution in [3.8, 4) is 0 Å². The van der Waals surface area contributed by atoms with E-state index in [9.17, 15) is 13.5 Å². The summed E-state index contributed by atoms with van der Waals surface area (Å²) >= 11 is 0. The summed E-state index contributed by atoms with van der Waals surface area (Å²) in [6.07, 6.45) is 1.06. The summed E-state index contributed by atoms with van der Waals surface area (Å²) in [5.74, 6) is -0.205. The molecule has 4 nitrogen and oxygen atoms in total. The number of hydrogen-bond donors (Lipinski definition) is 2. The predicted molar refractivity (Wildman–Crippen MR) is 51.3 cm³/mol. The molecule has 1 aliphatic rings. The van der Waals surface area contributed by atoms with Crippen LogP contribution in [0.4, 0.5) is 0 Å². The molecule has 2 atom stereocenters. The van der Waals surface area contributed by atoms with Gasteiger partial charge < -0.3 is 10.4 Å². The van der Waals surface area contributed by atoms with Crippen LogP contribution in [0.25, 0.3) is 0 Å². The third-order valence-electron chi connectivity index (χ3n) is 2.11. The first-order valence-electron chi connectivity index (χ1n) is 4.17. The molecule has 5 heteroatoms. The Morgan fingerprint density at radius 3 is 2.77 bits per heavy atom. The first-order chi connectivity index (χ1) is 5.90. The summed E-state index contributed by atoms with van der Waals surface area (Å²) < 4.78 is 21.8. The van der Waals surface area contributed by atoms with Crippen LogP contribution < -0.4 is 5.32 Å². The predicted octanol–water partition coefficient (Wildman–Crippen LogP) is -0.690. The van der Waals surface area contributed by atoms with E-state index in [1.807, 2.05) is 0 Å². The number of aliphatic hydroxyl groups is 1. The van der Waals surface area contributed by atoms with Gasteiger partial charge in [0, 0.05) is 6.26 Å². The topological polar surface area (TPSA) is 66.4 Å². The van der Waals surface area contributed by atoms with Crippen molar-refractivity contribution in [1.82, 2.24) is 5.32 Å². The van der Waals surface area contributed by atoms with E-state index in [2.05, 4.69) is 11.9 Å². The molecule has 1 fully saturated rings. The van der Waals surface area contributed by atoms with E-state index >= 15 is 0 Å². The van der Waals surface area contributed by atoms with Crippen LogP contribution >= 0.6 is 0 Å². The van der Waals surface area contributed by atoms with Crippen molar-refractivity contribution in [2.45, 2.75) is 18.6 Å². The molecule has 0 spiro atoms. The highest BCUT2D eigenvalue weighted by molar-refractivity contribution is 7.90. The van der Waals surface area contributed by atoms with Gasteiger partial charge in [0.2, 0.25) is 0 Å². The molecular formula is C8H15NO3S. The second-order valence-electron chi connectivity index (χ2n) is 3.50. The minimum Gasteiger partial charge on any atom is -0.390 e. The van der Waals surface area contributed by atoms with E-state index in [-0.39, 0.29) is 11.8 Å². The molecule has 1 heterocycles. The van der Waals surface area contributed by atoms with E-state index in [0.717, 1.165) is 24.8 Å². The standard InChI is InChI=1S/C8H15NO3S/c1-6-3-4-9-8(6)7(10)5-13(2,11)12/h7-10H,1,3-5H2,2H3/t7-,8+/m0/s1. The number of rotatable bonds is 3. The number of aliphatic hydroxyl groups excluding tert-OH is 1. The number of nitrogens with one attached hydrogen (secondary N) is 1. The van der Waals surface area contributed by atoms with Crippen LogP contribution in [0.15, 0.2) is 12.2 Å². The molecule has 0 radical (unpaired) electrons. The van der Waals surface area contributed by atoms with Crippen molar-refractivity contribution >= 4 is 9.84 Å². The lowest BCUT2D eigenvalue weighted by Gasteiger charge is -2.18. The van der Waals surface area contributed by atoms with Crippen LogP contribution in [0.2, 0.25) is 0 Å². The fraction of sp³-hybridized carbons (Fsp3) is 0.750. The van der Waals surface area contributed by atoms with Gasteiger partial charge in [-0.25, -0.2) is 8.42 Å². The molecule has 13 heavy (non-hydrogen) atoms. The third-order valence-corrected chi connectivity index (χ3v) is 3.06. The Hall–Kier alpha value is -0.390. The van der Waals surface area contributed by atoms with Crippen molar-refractivity contribution in [2.75, 3.05) is 18.6 Å². The monoisotopic (exact) mass is 205 g/mol. The van der Waals surface area contributed by atoms with Gasteiger partial charge in [0.15, 0.2) is 0 Å². The second kappa shape index (κ2) is 3.77. The van der Waals surface area contributed by atoms with Crippen LogP contribution in [0.3, 0.4) is 0 Å². The fourth-order valence-electron chi connectivity index (χ4n) is 1.50. The van der Waals surface area contributed by atoms with Gasteiger partial charge in [0.05, 0.1) is 17.9 Å². The highest BCUT2D eigenvalue weighted by atomic mass is 32.2. The molecule has 1 saturated heterocycles. The van der Waals surface area contributed by atoms with Gasteiger partial charge in [-0.3, -0.25) is 0 Å². The van der Waals surface area contributed by atoms with Crippen molar-refractivity contribution in [3.05, 3.63) is 12.2 Å². The molecule has 1 aliphatic heterocycles. The number of hydrogen-bond acceptors (Lipinski definition) is 4. The quantitative estimate of drug-likeness (QED) is 0.599. The first-order valence-corrected chi connectivity index (χ1v) is 6.23. The second-order valence-corrected chi connectivity index (χ2v) is 5.68. The van der Waals surface area contributed by atoms with E-state index < -0.39 is 15.9 Å². The maximum absolute atomic E-state index is 10.9. The lowest BCUT2D eigenvalue weighted by molar-refractivity contribution is 0.170. The Kier molecular flexibility index (Phi) is 3.10. The van der Waals surface area contributed by atoms with E-state index in [1.165, 1.54) is 0 Å². The van der Waals surface area contributed by atoms with Crippen LogP contribution in [-0.2, 0) is 9.84 Å². The fourth-order valence-corrected chi connectivity index (χ4v) is 2.32. The van der Waals surface area contributed by atoms with Gasteiger partial charge >= 0.3 is 0 Å². The van der Waals surface area contributed by atoms with Gasteiger partial charge in [-0.05, 0) is 13.0 Å². The molecular weight excluding hydrogens is 190 g/mol. The molecule has 0 aromatic rings. The lowest BCUT2D eigenvalue weighted by atomic mass is 10.1. The summed E-state index contributed by atoms with van der Waals surface area (Å²) in [7, 11) is -3.12. The molecule has 0 bridgehead atoms. The molecule has 76 valence electrons. The van der Waals surface area contributed by atoms with E-state index in [0.29, 0.717) is 0 Å². The zero-order valence-corrected chi connectivity index (χ0v) is 8.47. The minimum atomic E-state index is -3.12. The maximum Gasteiger partial charge on any atom is 0.150 e. The average Bonchev–Trinajstić information content (AvgIpc) is 2.30. The molecule has 0 aliphatic carbocycles. The largest absolute Gasteiger partial charge is 0.390 e. The zero-order valence-electron chi connectivity index (χ0n) is 7.66. The molecule has 1 rings (SSSR count). The molecule has 0 unspecified atom stereocenters. The molecule has 0 amide bonds. The third kappa shape index (κ3) is 3.10. The van der Waals surface area contributed by atoms with Crippen LogP contribution in [0.5, 0.6) is 0 Å². The Labute approximate surface area is 78.6 Å². The van der Waals surface area contributed by atoms with Crippen molar-refractivity contribution in [2.24, 2.45) is 0 Å². The average molecular weight is 205 g/mol. The number of sulfone groups is 1. The Balaban J connectivity index is 2.57. The van der Waals surface area contributed by atoms with E-state index in [4.69, 9.17) is 0 Å². The molecule has 0 saturated carbocycles. The minimum absolute atomic E-state index is 0.205. The van der Waals surface area contributed by atoms with Gasteiger partial charge in [0.25, 0.3) is 0 Å². The lowest BCUT2D eigenvalue weighted by Crippen LogP contribution is -2.39.